The molecule has 0 aliphatic carbocycles. The minimum Gasteiger partial charge on any atom is -0.488 e. The van der Waals surface area contributed by atoms with Gasteiger partial charge in [0.05, 0.1) is 6.61 Å². The van der Waals surface area contributed by atoms with Crippen LogP contribution in [0.3, 0.4) is 0 Å². The molecule has 0 heterocycles. The average molecular weight is 425 g/mol. The van der Waals surface area contributed by atoms with Crippen molar-refractivity contribution in [1.29, 1.82) is 5.41 Å². The summed E-state index contributed by atoms with van der Waals surface area (Å²) in [5.41, 5.74) is 0.839. The third kappa shape index (κ3) is 7.60. The summed E-state index contributed by atoms with van der Waals surface area (Å²) in [6, 6.07) is 11.5. The topological polar surface area (TPSA) is 110 Å². The molecule has 0 aliphatic heterocycles. The number of nitrogens with one attached hydrogen (secondary N) is 3. The predicted molar refractivity (Wildman–Crippen MR) is 118 cm³/mol. The van der Waals surface area contributed by atoms with Crippen LogP contribution in [-0.2, 0) is 4.74 Å². The summed E-state index contributed by atoms with van der Waals surface area (Å²) in [7, 11) is 3.27. The number of Topliss-reactive ketones (excluding diaryl/α,β-unsaturated/α-hetero) is 1. The summed E-state index contributed by atoms with van der Waals surface area (Å²) in [5, 5.41) is 13.1. The normalized spacial score (nSPS) is 11.6. The van der Waals surface area contributed by atoms with Crippen molar-refractivity contribution < 1.29 is 23.8 Å². The average Bonchev–Trinajstić information content (AvgIpc) is 2.72. The SMILES string of the molecule is CN/C=C\C(=N)NC(=O)c1cc(Oc2ccc(C(C)=O)cc2)cc(O[C@@H](C)COC)c1. The Morgan fingerprint density at radius 2 is 1.74 bits per heavy atom. The number of rotatable bonds is 10. The largest absolute Gasteiger partial charge is 0.488 e. The highest BCUT2D eigenvalue weighted by atomic mass is 16.5. The van der Waals surface area contributed by atoms with E-state index in [1.165, 1.54) is 19.2 Å². The second kappa shape index (κ2) is 11.5. The fourth-order valence-corrected chi connectivity index (χ4v) is 2.63. The molecule has 8 heteroatoms. The van der Waals surface area contributed by atoms with Crippen LogP contribution in [0.4, 0.5) is 0 Å². The maximum Gasteiger partial charge on any atom is 0.257 e. The molecule has 0 aliphatic rings. The Kier molecular flexibility index (Phi) is 8.78. The van der Waals surface area contributed by atoms with Crippen LogP contribution >= 0.6 is 0 Å². The molecule has 0 spiro atoms. The second-order valence-electron chi connectivity index (χ2n) is 6.75. The van der Waals surface area contributed by atoms with Gasteiger partial charge in [0.2, 0.25) is 0 Å². The summed E-state index contributed by atoms with van der Waals surface area (Å²) in [4.78, 5) is 24.1. The Morgan fingerprint density at radius 3 is 2.35 bits per heavy atom. The Hall–Kier alpha value is -3.65. The van der Waals surface area contributed by atoms with Gasteiger partial charge >= 0.3 is 0 Å². The first kappa shape index (κ1) is 23.6. The lowest BCUT2D eigenvalue weighted by molar-refractivity contribution is 0.0913. The summed E-state index contributed by atoms with van der Waals surface area (Å²) in [6.45, 7) is 3.71. The van der Waals surface area contributed by atoms with Gasteiger partial charge in [0.1, 0.15) is 29.2 Å². The van der Waals surface area contributed by atoms with Crippen LogP contribution < -0.4 is 20.1 Å². The standard InChI is InChI=1S/C23H27N3O5/c1-15(14-29-4)30-20-11-18(23(28)26-22(24)9-10-25-3)12-21(13-20)31-19-7-5-17(6-8-19)16(2)27/h5-13,15,25H,14H2,1-4H3,(H2,24,26,28)/b10-9-/t15-/m0/s1. The van der Waals surface area contributed by atoms with Gasteiger partial charge < -0.3 is 24.8 Å². The second-order valence-corrected chi connectivity index (χ2v) is 6.75. The number of methoxy groups -OCH3 is 1. The molecule has 0 aromatic heterocycles. The molecule has 31 heavy (non-hydrogen) atoms. The first-order valence-corrected chi connectivity index (χ1v) is 9.65. The molecule has 0 bridgehead atoms. The highest BCUT2D eigenvalue weighted by molar-refractivity contribution is 6.09. The molecule has 0 fully saturated rings. The number of amides is 1. The summed E-state index contributed by atoms with van der Waals surface area (Å²) in [6.07, 6.45) is 2.71. The first-order valence-electron chi connectivity index (χ1n) is 9.65. The summed E-state index contributed by atoms with van der Waals surface area (Å²) >= 11 is 0. The van der Waals surface area contributed by atoms with Crippen LogP contribution in [0.1, 0.15) is 34.6 Å². The Bertz CT molecular complexity index is 954. The Morgan fingerprint density at radius 1 is 1.06 bits per heavy atom. The molecular formula is C23H27N3O5. The van der Waals surface area contributed by atoms with Crippen LogP contribution in [-0.4, -0.2) is 44.4 Å². The molecule has 2 aromatic carbocycles. The van der Waals surface area contributed by atoms with Gasteiger partial charge in [0, 0.05) is 31.4 Å². The molecular weight excluding hydrogens is 398 g/mol. The van der Waals surface area contributed by atoms with E-state index in [4.69, 9.17) is 19.6 Å². The van der Waals surface area contributed by atoms with Gasteiger partial charge in [0.15, 0.2) is 5.78 Å². The molecule has 8 nitrogen and oxygen atoms in total. The fourth-order valence-electron chi connectivity index (χ4n) is 2.63. The fraction of sp³-hybridized carbons (Fsp3) is 0.261. The number of amidine groups is 1. The van der Waals surface area contributed by atoms with Crippen molar-refractivity contribution in [3.05, 3.63) is 65.9 Å². The Balaban J connectivity index is 2.29. The van der Waals surface area contributed by atoms with Crippen LogP contribution in [0, 0.1) is 5.41 Å². The highest BCUT2D eigenvalue weighted by Gasteiger charge is 2.14. The molecule has 0 saturated carbocycles. The summed E-state index contributed by atoms with van der Waals surface area (Å²) < 4.78 is 16.8. The van der Waals surface area contributed by atoms with E-state index >= 15 is 0 Å². The molecule has 0 saturated heterocycles. The molecule has 164 valence electrons. The number of ether oxygens (including phenoxy) is 3. The van der Waals surface area contributed by atoms with E-state index in [9.17, 15) is 9.59 Å². The number of benzene rings is 2. The minimum absolute atomic E-state index is 0.0391. The number of hydrogen-bond donors (Lipinski definition) is 3. The van der Waals surface area contributed by atoms with Gasteiger partial charge in [-0.05, 0) is 62.5 Å². The maximum atomic E-state index is 12.6. The monoisotopic (exact) mass is 425 g/mol. The zero-order chi connectivity index (χ0) is 22.8. The number of carbonyl (C=O) groups is 2. The Labute approximate surface area is 181 Å². The van der Waals surface area contributed by atoms with Crippen molar-refractivity contribution in [1.82, 2.24) is 10.6 Å². The zero-order valence-electron chi connectivity index (χ0n) is 18.0. The number of ketones is 1. The third-order valence-corrected chi connectivity index (χ3v) is 4.04. The predicted octanol–water partition coefficient (Wildman–Crippen LogP) is 3.54. The van der Waals surface area contributed by atoms with Crippen LogP contribution in [0.25, 0.3) is 0 Å². The number of carbonyl (C=O) groups excluding carboxylic acids is 2. The van der Waals surface area contributed by atoms with E-state index < -0.39 is 5.91 Å². The highest BCUT2D eigenvalue weighted by Crippen LogP contribution is 2.28. The van der Waals surface area contributed by atoms with Gasteiger partial charge in [-0.2, -0.15) is 0 Å². The van der Waals surface area contributed by atoms with E-state index in [0.29, 0.717) is 29.4 Å². The molecule has 2 aromatic rings. The molecule has 3 N–H and O–H groups in total. The van der Waals surface area contributed by atoms with Gasteiger partial charge in [-0.3, -0.25) is 15.0 Å². The molecule has 0 unspecified atom stereocenters. The van der Waals surface area contributed by atoms with Crippen molar-refractivity contribution >= 4 is 17.5 Å². The van der Waals surface area contributed by atoms with E-state index in [1.807, 2.05) is 6.92 Å². The molecule has 0 radical (unpaired) electrons. The number of hydrogen-bond acceptors (Lipinski definition) is 7. The lowest BCUT2D eigenvalue weighted by atomic mass is 10.1. The van der Waals surface area contributed by atoms with Crippen molar-refractivity contribution in [2.24, 2.45) is 0 Å². The van der Waals surface area contributed by atoms with Crippen molar-refractivity contribution in [2.75, 3.05) is 20.8 Å². The summed E-state index contributed by atoms with van der Waals surface area (Å²) in [5.74, 6) is 0.712. The van der Waals surface area contributed by atoms with Crippen molar-refractivity contribution in [3.63, 3.8) is 0 Å². The lowest BCUT2D eigenvalue weighted by Gasteiger charge is -2.16. The maximum absolute atomic E-state index is 12.6. The molecule has 2 rings (SSSR count). The first-order chi connectivity index (χ1) is 14.8. The minimum atomic E-state index is -0.479. The quantitative estimate of drug-likeness (QED) is 0.305. The van der Waals surface area contributed by atoms with Crippen molar-refractivity contribution in [3.8, 4) is 17.2 Å². The third-order valence-electron chi connectivity index (χ3n) is 4.04. The van der Waals surface area contributed by atoms with E-state index in [0.717, 1.165) is 0 Å². The van der Waals surface area contributed by atoms with E-state index in [1.54, 1.807) is 56.6 Å². The van der Waals surface area contributed by atoms with Crippen molar-refractivity contribution in [2.45, 2.75) is 20.0 Å². The van der Waals surface area contributed by atoms with Crippen LogP contribution in [0.2, 0.25) is 0 Å². The van der Waals surface area contributed by atoms with Crippen LogP contribution in [0.5, 0.6) is 17.2 Å². The molecule has 1 atom stereocenters. The lowest BCUT2D eigenvalue weighted by Crippen LogP contribution is -2.28. The van der Waals surface area contributed by atoms with E-state index in [-0.39, 0.29) is 23.3 Å². The van der Waals surface area contributed by atoms with Crippen LogP contribution in [0.15, 0.2) is 54.7 Å². The molecule has 1 amide bonds. The van der Waals surface area contributed by atoms with Gasteiger partial charge in [-0.25, -0.2) is 0 Å². The van der Waals surface area contributed by atoms with E-state index in [2.05, 4.69) is 10.6 Å². The van der Waals surface area contributed by atoms with Gasteiger partial charge in [-0.1, -0.05) is 0 Å². The van der Waals surface area contributed by atoms with Gasteiger partial charge in [-0.15, -0.1) is 0 Å². The van der Waals surface area contributed by atoms with Gasteiger partial charge in [0.25, 0.3) is 5.91 Å². The zero-order valence-corrected chi connectivity index (χ0v) is 18.0. The smallest absolute Gasteiger partial charge is 0.257 e.